The Morgan fingerprint density at radius 3 is 2.46 bits per heavy atom. The number of thiocarbonyl (C=S) groups is 1. The van der Waals surface area contributed by atoms with Gasteiger partial charge in [0, 0.05) is 24.6 Å². The Morgan fingerprint density at radius 2 is 1.81 bits per heavy atom. The van der Waals surface area contributed by atoms with Crippen LogP contribution >= 0.6 is 12.2 Å². The van der Waals surface area contributed by atoms with Crippen molar-refractivity contribution in [1.82, 2.24) is 4.90 Å². The number of anilines is 1. The van der Waals surface area contributed by atoms with Crippen molar-refractivity contribution in [3.8, 4) is 11.5 Å². The maximum atomic E-state index is 12.6. The molecule has 1 fully saturated rings. The highest BCUT2D eigenvalue weighted by Crippen LogP contribution is 2.26. The van der Waals surface area contributed by atoms with Gasteiger partial charge in [-0.1, -0.05) is 12.1 Å². The van der Waals surface area contributed by atoms with Crippen LogP contribution in [0, 0.1) is 5.92 Å². The molecule has 1 saturated heterocycles. The van der Waals surface area contributed by atoms with Gasteiger partial charge in [0.1, 0.15) is 11.5 Å². The molecule has 0 aliphatic carbocycles. The van der Waals surface area contributed by atoms with E-state index in [-0.39, 0.29) is 17.5 Å². The second kappa shape index (κ2) is 8.19. The molecule has 1 aliphatic heterocycles. The van der Waals surface area contributed by atoms with E-state index >= 15 is 0 Å². The third-order valence-electron chi connectivity index (χ3n) is 4.65. The van der Waals surface area contributed by atoms with Crippen LogP contribution in [-0.2, 0) is 0 Å². The van der Waals surface area contributed by atoms with E-state index in [0.717, 1.165) is 37.4 Å². The number of nitrogens with one attached hydrogen (secondary N) is 1. The molecule has 0 unspecified atom stereocenters. The van der Waals surface area contributed by atoms with E-state index in [1.807, 2.05) is 24.3 Å². The van der Waals surface area contributed by atoms with Crippen LogP contribution in [0.5, 0.6) is 11.5 Å². The second-order valence-corrected chi connectivity index (χ2v) is 6.69. The van der Waals surface area contributed by atoms with Gasteiger partial charge in [-0.2, -0.15) is 0 Å². The first-order valence-corrected chi connectivity index (χ1v) is 9.01. The standard InChI is InChI=1S/C20H22N2O3S/c1-25-18-5-3-2-4-17(18)21-20(26)22-12-10-15(11-13-22)19(24)14-6-8-16(23)9-7-14/h2-9,15,23H,10-13H2,1H3,(H,21,26). The van der Waals surface area contributed by atoms with Crippen molar-refractivity contribution in [2.75, 3.05) is 25.5 Å². The Bertz CT molecular complexity index is 784. The predicted octanol–water partition coefficient (Wildman–Crippen LogP) is 3.69. The molecule has 26 heavy (non-hydrogen) atoms. The van der Waals surface area contributed by atoms with Gasteiger partial charge in [-0.3, -0.25) is 4.79 Å². The Balaban J connectivity index is 1.57. The number of phenols is 1. The van der Waals surface area contributed by atoms with Crippen molar-refractivity contribution in [3.63, 3.8) is 0 Å². The molecule has 0 bridgehead atoms. The fraction of sp³-hybridized carbons (Fsp3) is 0.300. The molecule has 1 aliphatic rings. The van der Waals surface area contributed by atoms with Crippen LogP contribution in [0.3, 0.4) is 0 Å². The Kier molecular flexibility index (Phi) is 5.73. The average Bonchev–Trinajstić information content (AvgIpc) is 2.68. The summed E-state index contributed by atoms with van der Waals surface area (Å²) < 4.78 is 5.34. The number of likely N-dealkylation sites (tertiary alicyclic amines) is 1. The third kappa shape index (κ3) is 4.14. The minimum Gasteiger partial charge on any atom is -0.508 e. The molecule has 0 spiro atoms. The number of rotatable bonds is 4. The number of benzene rings is 2. The first kappa shape index (κ1) is 18.2. The van der Waals surface area contributed by atoms with Gasteiger partial charge in [0.25, 0.3) is 0 Å². The lowest BCUT2D eigenvalue weighted by atomic mass is 9.89. The molecule has 0 radical (unpaired) electrons. The quantitative estimate of drug-likeness (QED) is 0.632. The molecule has 0 amide bonds. The van der Waals surface area contributed by atoms with Gasteiger partial charge in [0.05, 0.1) is 12.8 Å². The minimum atomic E-state index is -0.00939. The zero-order chi connectivity index (χ0) is 18.5. The highest BCUT2D eigenvalue weighted by atomic mass is 32.1. The van der Waals surface area contributed by atoms with Crippen molar-refractivity contribution < 1.29 is 14.6 Å². The molecular formula is C20H22N2O3S. The number of Topliss-reactive ketones (excluding diaryl/α,β-unsaturated/α-hetero) is 1. The van der Waals surface area contributed by atoms with Crippen molar-refractivity contribution >= 4 is 28.8 Å². The molecule has 0 atom stereocenters. The highest BCUT2D eigenvalue weighted by molar-refractivity contribution is 7.80. The zero-order valence-electron chi connectivity index (χ0n) is 14.6. The van der Waals surface area contributed by atoms with Gasteiger partial charge in [0.2, 0.25) is 0 Å². The summed E-state index contributed by atoms with van der Waals surface area (Å²) in [5.74, 6) is 1.04. The van der Waals surface area contributed by atoms with Gasteiger partial charge in [-0.05, 0) is 61.5 Å². The SMILES string of the molecule is COc1ccccc1NC(=S)N1CCC(C(=O)c2ccc(O)cc2)CC1. The molecule has 2 aromatic rings. The van der Waals surface area contributed by atoms with Gasteiger partial charge < -0.3 is 20.1 Å². The van der Waals surface area contributed by atoms with E-state index in [2.05, 4.69) is 10.2 Å². The molecule has 6 heteroatoms. The largest absolute Gasteiger partial charge is 0.508 e. The van der Waals surface area contributed by atoms with Crippen LogP contribution in [0.4, 0.5) is 5.69 Å². The van der Waals surface area contributed by atoms with E-state index in [9.17, 15) is 9.90 Å². The third-order valence-corrected chi connectivity index (χ3v) is 5.01. The number of piperidine rings is 1. The normalized spacial score (nSPS) is 14.7. The van der Waals surface area contributed by atoms with Crippen LogP contribution < -0.4 is 10.1 Å². The Labute approximate surface area is 158 Å². The lowest BCUT2D eigenvalue weighted by molar-refractivity contribution is 0.0873. The first-order chi connectivity index (χ1) is 12.6. The number of methoxy groups -OCH3 is 1. The highest BCUT2D eigenvalue weighted by Gasteiger charge is 2.27. The summed E-state index contributed by atoms with van der Waals surface area (Å²) in [6.07, 6.45) is 1.51. The fourth-order valence-corrected chi connectivity index (χ4v) is 3.44. The molecule has 0 aromatic heterocycles. The van der Waals surface area contributed by atoms with Crippen molar-refractivity contribution in [2.24, 2.45) is 5.92 Å². The van der Waals surface area contributed by atoms with Crippen LogP contribution in [-0.4, -0.2) is 41.1 Å². The monoisotopic (exact) mass is 370 g/mol. The number of phenolic OH excluding ortho intramolecular Hbond substituents is 1. The first-order valence-electron chi connectivity index (χ1n) is 8.60. The number of carbonyl (C=O) groups is 1. The number of hydrogen-bond acceptors (Lipinski definition) is 4. The summed E-state index contributed by atoms with van der Waals surface area (Å²) in [6, 6.07) is 14.1. The van der Waals surface area contributed by atoms with E-state index in [1.54, 1.807) is 31.4 Å². The number of hydrogen-bond donors (Lipinski definition) is 2. The summed E-state index contributed by atoms with van der Waals surface area (Å²) in [4.78, 5) is 14.7. The minimum absolute atomic E-state index is 0.00939. The lowest BCUT2D eigenvalue weighted by Gasteiger charge is -2.33. The van der Waals surface area contributed by atoms with Crippen LogP contribution in [0.1, 0.15) is 23.2 Å². The Morgan fingerprint density at radius 1 is 1.15 bits per heavy atom. The topological polar surface area (TPSA) is 61.8 Å². The summed E-state index contributed by atoms with van der Waals surface area (Å²) in [5.41, 5.74) is 1.48. The maximum Gasteiger partial charge on any atom is 0.173 e. The number of carbonyl (C=O) groups excluding carboxylic acids is 1. The molecule has 136 valence electrons. The van der Waals surface area contributed by atoms with E-state index in [0.29, 0.717) is 10.7 Å². The summed E-state index contributed by atoms with van der Waals surface area (Å²) in [7, 11) is 1.63. The molecule has 3 rings (SSSR count). The average molecular weight is 370 g/mol. The van der Waals surface area contributed by atoms with E-state index < -0.39 is 0 Å². The van der Waals surface area contributed by atoms with E-state index in [1.165, 1.54) is 0 Å². The van der Waals surface area contributed by atoms with Gasteiger partial charge in [-0.15, -0.1) is 0 Å². The molecule has 0 saturated carbocycles. The molecule has 2 N–H and O–H groups in total. The van der Waals surface area contributed by atoms with Gasteiger partial charge in [0.15, 0.2) is 10.9 Å². The van der Waals surface area contributed by atoms with Crippen molar-refractivity contribution in [2.45, 2.75) is 12.8 Å². The lowest BCUT2D eigenvalue weighted by Crippen LogP contribution is -2.42. The summed E-state index contributed by atoms with van der Waals surface area (Å²) in [5, 5.41) is 13.2. The van der Waals surface area contributed by atoms with E-state index in [4.69, 9.17) is 17.0 Å². The maximum absolute atomic E-state index is 12.6. The van der Waals surface area contributed by atoms with Gasteiger partial charge >= 0.3 is 0 Å². The number of ketones is 1. The molecule has 2 aromatic carbocycles. The molecular weight excluding hydrogens is 348 g/mol. The number of para-hydroxylation sites is 2. The molecule has 5 nitrogen and oxygen atoms in total. The van der Waals surface area contributed by atoms with Crippen LogP contribution in [0.2, 0.25) is 0 Å². The summed E-state index contributed by atoms with van der Waals surface area (Å²) in [6.45, 7) is 1.46. The smallest absolute Gasteiger partial charge is 0.173 e. The number of aromatic hydroxyl groups is 1. The molecule has 1 heterocycles. The fourth-order valence-electron chi connectivity index (χ4n) is 3.15. The Hall–Kier alpha value is -2.60. The van der Waals surface area contributed by atoms with Crippen molar-refractivity contribution in [3.05, 3.63) is 54.1 Å². The zero-order valence-corrected chi connectivity index (χ0v) is 15.5. The van der Waals surface area contributed by atoms with Crippen LogP contribution in [0.15, 0.2) is 48.5 Å². The van der Waals surface area contributed by atoms with Crippen molar-refractivity contribution in [1.29, 1.82) is 0 Å². The van der Waals surface area contributed by atoms with Gasteiger partial charge in [-0.25, -0.2) is 0 Å². The predicted molar refractivity (Wildman–Crippen MR) is 106 cm³/mol. The summed E-state index contributed by atoms with van der Waals surface area (Å²) >= 11 is 5.52. The second-order valence-electron chi connectivity index (χ2n) is 6.30. The number of ether oxygens (including phenoxy) is 1. The number of nitrogens with zero attached hydrogens (tertiary/aromatic N) is 1. The van der Waals surface area contributed by atoms with Crippen LogP contribution in [0.25, 0.3) is 0 Å².